The Bertz CT molecular complexity index is 481. The summed E-state index contributed by atoms with van der Waals surface area (Å²) >= 11 is 1.75. The summed E-state index contributed by atoms with van der Waals surface area (Å²) in [5.74, 6) is 0. The number of nitrogens with one attached hydrogen (secondary N) is 1. The summed E-state index contributed by atoms with van der Waals surface area (Å²) in [6, 6.07) is 2.07. The van der Waals surface area contributed by atoms with Crippen molar-refractivity contribution in [1.82, 2.24) is 20.1 Å². The van der Waals surface area contributed by atoms with Crippen molar-refractivity contribution in [2.24, 2.45) is 0 Å². The molecule has 1 N–H and O–H groups in total. The Morgan fingerprint density at radius 2 is 2.22 bits per heavy atom. The molecule has 0 spiro atoms. The van der Waals surface area contributed by atoms with Gasteiger partial charge in [0.2, 0.25) is 0 Å². The van der Waals surface area contributed by atoms with Crippen LogP contribution in [0.2, 0.25) is 0 Å². The van der Waals surface area contributed by atoms with Gasteiger partial charge in [-0.2, -0.15) is 5.10 Å². The summed E-state index contributed by atoms with van der Waals surface area (Å²) in [4.78, 5) is 5.83. The molecule has 0 aliphatic heterocycles. The van der Waals surface area contributed by atoms with Crippen molar-refractivity contribution in [2.75, 3.05) is 6.54 Å². The normalized spacial score (nSPS) is 11.1. The second-order valence-corrected chi connectivity index (χ2v) is 5.72. The maximum atomic E-state index is 4.54. The van der Waals surface area contributed by atoms with Crippen LogP contribution >= 0.6 is 11.3 Å². The SMILES string of the molecule is CCCNCc1ccn(Cc2nc(C)c(C)s2)n1. The highest BCUT2D eigenvalue weighted by Gasteiger charge is 2.05. The van der Waals surface area contributed by atoms with E-state index < -0.39 is 0 Å². The Kier molecular flexibility index (Phi) is 4.49. The first-order valence-corrected chi connectivity index (χ1v) is 7.16. The summed E-state index contributed by atoms with van der Waals surface area (Å²) in [5, 5.41) is 9.02. The van der Waals surface area contributed by atoms with E-state index in [1.807, 2.05) is 10.9 Å². The van der Waals surface area contributed by atoms with Crippen LogP contribution in [0, 0.1) is 13.8 Å². The third-order valence-corrected chi connectivity index (χ3v) is 3.86. The number of hydrogen-bond donors (Lipinski definition) is 1. The second-order valence-electron chi connectivity index (χ2n) is 4.43. The lowest BCUT2D eigenvalue weighted by molar-refractivity contribution is 0.627. The van der Waals surface area contributed by atoms with Crippen LogP contribution in [0.1, 0.15) is 34.6 Å². The van der Waals surface area contributed by atoms with E-state index in [1.54, 1.807) is 11.3 Å². The topological polar surface area (TPSA) is 42.7 Å². The minimum absolute atomic E-state index is 0.771. The van der Waals surface area contributed by atoms with Crippen molar-refractivity contribution in [3.05, 3.63) is 33.5 Å². The van der Waals surface area contributed by atoms with E-state index in [-0.39, 0.29) is 0 Å². The Morgan fingerprint density at radius 3 is 2.89 bits per heavy atom. The lowest BCUT2D eigenvalue weighted by Gasteiger charge is -1.99. The van der Waals surface area contributed by atoms with E-state index in [1.165, 1.54) is 4.88 Å². The number of nitrogens with zero attached hydrogens (tertiary/aromatic N) is 3. The molecule has 0 atom stereocenters. The van der Waals surface area contributed by atoms with Gasteiger partial charge in [0.1, 0.15) is 5.01 Å². The molecule has 5 heteroatoms. The van der Waals surface area contributed by atoms with Gasteiger partial charge >= 0.3 is 0 Å². The molecule has 4 nitrogen and oxygen atoms in total. The molecule has 2 heterocycles. The van der Waals surface area contributed by atoms with Gasteiger partial charge in [0, 0.05) is 17.6 Å². The van der Waals surface area contributed by atoms with Gasteiger partial charge in [-0.1, -0.05) is 6.92 Å². The number of aromatic nitrogens is 3. The van der Waals surface area contributed by atoms with Crippen LogP contribution in [-0.4, -0.2) is 21.3 Å². The zero-order chi connectivity index (χ0) is 13.0. The fourth-order valence-corrected chi connectivity index (χ4v) is 2.65. The molecule has 18 heavy (non-hydrogen) atoms. The molecule has 0 unspecified atom stereocenters. The van der Waals surface area contributed by atoms with Gasteiger partial charge in [0.05, 0.1) is 17.9 Å². The van der Waals surface area contributed by atoms with Crippen molar-refractivity contribution >= 4 is 11.3 Å². The molecule has 2 rings (SSSR count). The molecular weight excluding hydrogens is 244 g/mol. The van der Waals surface area contributed by atoms with E-state index in [4.69, 9.17) is 0 Å². The molecule has 0 aliphatic carbocycles. The molecule has 0 fully saturated rings. The predicted octanol–water partition coefficient (Wildman–Crippen LogP) is 2.50. The smallest absolute Gasteiger partial charge is 0.115 e. The monoisotopic (exact) mass is 264 g/mol. The van der Waals surface area contributed by atoms with Crippen molar-refractivity contribution in [2.45, 2.75) is 40.3 Å². The number of aryl methyl sites for hydroxylation is 2. The number of hydrogen-bond acceptors (Lipinski definition) is 4. The fourth-order valence-electron chi connectivity index (χ4n) is 1.72. The molecule has 0 aliphatic rings. The van der Waals surface area contributed by atoms with Crippen molar-refractivity contribution < 1.29 is 0 Å². The van der Waals surface area contributed by atoms with Crippen LogP contribution in [0.15, 0.2) is 12.3 Å². The molecule has 0 saturated carbocycles. The lowest BCUT2D eigenvalue weighted by atomic mass is 10.4. The summed E-state index contributed by atoms with van der Waals surface area (Å²) in [7, 11) is 0. The van der Waals surface area contributed by atoms with Crippen molar-refractivity contribution in [1.29, 1.82) is 0 Å². The standard InChI is InChI=1S/C13H20N4S/c1-4-6-14-8-12-5-7-17(16-12)9-13-15-10(2)11(3)18-13/h5,7,14H,4,6,8-9H2,1-3H3. The van der Waals surface area contributed by atoms with E-state index in [0.29, 0.717) is 0 Å². The zero-order valence-electron chi connectivity index (χ0n) is 11.2. The molecule has 98 valence electrons. The minimum Gasteiger partial charge on any atom is -0.311 e. The molecule has 2 aromatic heterocycles. The highest BCUT2D eigenvalue weighted by molar-refractivity contribution is 7.11. The molecule has 2 aromatic rings. The quantitative estimate of drug-likeness (QED) is 0.815. The Morgan fingerprint density at radius 1 is 1.39 bits per heavy atom. The fraction of sp³-hybridized carbons (Fsp3) is 0.538. The molecule has 0 saturated heterocycles. The minimum atomic E-state index is 0.771. The van der Waals surface area contributed by atoms with Crippen molar-refractivity contribution in [3.8, 4) is 0 Å². The van der Waals surface area contributed by atoms with Crippen LogP contribution in [0.3, 0.4) is 0 Å². The Hall–Kier alpha value is -1.20. The van der Waals surface area contributed by atoms with Gasteiger partial charge in [-0.25, -0.2) is 4.98 Å². The lowest BCUT2D eigenvalue weighted by Crippen LogP contribution is -2.14. The third-order valence-electron chi connectivity index (χ3n) is 2.80. The van der Waals surface area contributed by atoms with Crippen LogP contribution in [-0.2, 0) is 13.1 Å². The van der Waals surface area contributed by atoms with Gasteiger partial charge in [-0.3, -0.25) is 4.68 Å². The summed E-state index contributed by atoms with van der Waals surface area (Å²) in [5.41, 5.74) is 2.22. The average molecular weight is 264 g/mol. The number of thiazole rings is 1. The first kappa shape index (κ1) is 13.2. The van der Waals surface area contributed by atoms with E-state index in [2.05, 4.69) is 42.2 Å². The van der Waals surface area contributed by atoms with Crippen LogP contribution < -0.4 is 5.32 Å². The third kappa shape index (κ3) is 3.40. The number of rotatable bonds is 6. The molecule has 0 amide bonds. The van der Waals surface area contributed by atoms with E-state index in [0.717, 1.165) is 42.5 Å². The van der Waals surface area contributed by atoms with E-state index in [9.17, 15) is 0 Å². The zero-order valence-corrected chi connectivity index (χ0v) is 12.0. The molecule has 0 radical (unpaired) electrons. The maximum Gasteiger partial charge on any atom is 0.115 e. The highest BCUT2D eigenvalue weighted by Crippen LogP contribution is 2.17. The van der Waals surface area contributed by atoms with Crippen molar-refractivity contribution in [3.63, 3.8) is 0 Å². The van der Waals surface area contributed by atoms with Crippen LogP contribution in [0.25, 0.3) is 0 Å². The first-order chi connectivity index (χ1) is 8.69. The Balaban J connectivity index is 1.93. The Labute approximate surface area is 112 Å². The predicted molar refractivity (Wildman–Crippen MR) is 74.9 cm³/mol. The molecule has 0 bridgehead atoms. The molecular formula is C13H20N4S. The summed E-state index contributed by atoms with van der Waals surface area (Å²) in [6.45, 7) is 8.98. The van der Waals surface area contributed by atoms with Gasteiger partial charge < -0.3 is 5.32 Å². The van der Waals surface area contributed by atoms with Crippen LogP contribution in [0.5, 0.6) is 0 Å². The summed E-state index contributed by atoms with van der Waals surface area (Å²) in [6.07, 6.45) is 3.17. The maximum absolute atomic E-state index is 4.54. The first-order valence-electron chi connectivity index (χ1n) is 6.35. The highest BCUT2D eigenvalue weighted by atomic mass is 32.1. The average Bonchev–Trinajstić information content (AvgIpc) is 2.88. The van der Waals surface area contributed by atoms with Gasteiger partial charge in [-0.15, -0.1) is 11.3 Å². The van der Waals surface area contributed by atoms with Gasteiger partial charge in [-0.05, 0) is 32.9 Å². The van der Waals surface area contributed by atoms with Gasteiger partial charge in [0.15, 0.2) is 0 Å². The van der Waals surface area contributed by atoms with Crippen LogP contribution in [0.4, 0.5) is 0 Å². The van der Waals surface area contributed by atoms with Gasteiger partial charge in [0.25, 0.3) is 0 Å². The summed E-state index contributed by atoms with van der Waals surface area (Å²) < 4.78 is 1.96. The second kappa shape index (κ2) is 6.11. The largest absolute Gasteiger partial charge is 0.311 e. The van der Waals surface area contributed by atoms with E-state index >= 15 is 0 Å². The molecule has 0 aromatic carbocycles.